The van der Waals surface area contributed by atoms with E-state index in [2.05, 4.69) is 107 Å². The van der Waals surface area contributed by atoms with E-state index < -0.39 is 0 Å². The van der Waals surface area contributed by atoms with Crippen LogP contribution in [0.5, 0.6) is 0 Å². The topological polar surface area (TPSA) is 0 Å². The second kappa shape index (κ2) is 43.0. The molecule has 0 aromatic rings. The molecule has 0 aromatic carbocycles. The summed E-state index contributed by atoms with van der Waals surface area (Å²) in [6, 6.07) is 0. The van der Waals surface area contributed by atoms with E-state index in [4.69, 9.17) is 0 Å². The Morgan fingerprint density at radius 1 is 0.400 bits per heavy atom. The number of unbranched alkanes of at least 4 members (excludes halogenated alkanes) is 32. The molecule has 4 aliphatic heterocycles. The molecule has 0 bridgehead atoms. The van der Waals surface area contributed by atoms with Crippen LogP contribution in [0, 0.1) is 17.8 Å². The van der Waals surface area contributed by atoms with Gasteiger partial charge >= 0.3 is 0 Å². The molecule has 3 saturated heterocycles. The third kappa shape index (κ3) is 28.6. The van der Waals surface area contributed by atoms with Crippen molar-refractivity contribution in [1.29, 1.82) is 0 Å². The molecule has 412 valence electrons. The Hall–Kier alpha value is 2.10. The maximum Gasteiger partial charge on any atom is 0.0607 e. The molecular formula is C64H118Br2S4. The van der Waals surface area contributed by atoms with E-state index in [1.165, 1.54) is 302 Å². The summed E-state index contributed by atoms with van der Waals surface area (Å²) in [5, 5.41) is 4.16. The molecular weight excluding hydrogens is 1060 g/mol. The van der Waals surface area contributed by atoms with Gasteiger partial charge in [-0.15, -0.1) is 35.3 Å². The Morgan fingerprint density at radius 3 is 1.17 bits per heavy atom. The van der Waals surface area contributed by atoms with Crippen molar-refractivity contribution in [3.8, 4) is 0 Å². The Bertz CT molecular complexity index is 1240. The zero-order valence-electron chi connectivity index (χ0n) is 47.1. The van der Waals surface area contributed by atoms with E-state index in [9.17, 15) is 0 Å². The standard InChI is InChI=1S/C64H118Br2S4/c1-5-9-13-17-21-25-27-31-35-39-43-53(41-37-33-29-23-19-15-11-7-3)49-55-51-59(69-63(55)57-45-47-61(65)67-57)60-52-56(64(70-60)58-46-48-62(66)68-58)50-54(42-38-34-30-24-20-16-12-8-4)44-40-36-32-28-26-22-18-14-10-6-2/h53-55,57-63H,5-52H2,1-4H3/t53?,54?,55?,57?,58?,59?,60?,61?,62-,63?/m1/s1. The largest absolute Gasteiger partial charge is 0.153 e. The van der Waals surface area contributed by atoms with Gasteiger partial charge in [-0.3, -0.25) is 0 Å². The lowest BCUT2D eigenvalue weighted by Gasteiger charge is -2.28. The summed E-state index contributed by atoms with van der Waals surface area (Å²) in [7, 11) is 0. The SMILES string of the molecule is CCCCCCCCCCCCC(CCCCCCCCCC)CC1=C(C2CC[C@H](Br)S2)SC(C2CC(CC(CCCCCCCCCC)CCCCCCCCCCCC)C(C3CCC(Br)S3)S2)C1. The second-order valence-corrected chi connectivity index (χ2v) is 32.9. The predicted octanol–water partition coefficient (Wildman–Crippen LogP) is 25.2. The van der Waals surface area contributed by atoms with Gasteiger partial charge in [0.15, 0.2) is 0 Å². The molecule has 4 heterocycles. The van der Waals surface area contributed by atoms with Crippen LogP contribution in [-0.2, 0) is 0 Å². The zero-order valence-corrected chi connectivity index (χ0v) is 53.5. The van der Waals surface area contributed by atoms with Gasteiger partial charge in [-0.25, -0.2) is 0 Å². The molecule has 0 N–H and O–H groups in total. The van der Waals surface area contributed by atoms with Gasteiger partial charge in [0.1, 0.15) is 0 Å². The van der Waals surface area contributed by atoms with Crippen molar-refractivity contribution < 1.29 is 0 Å². The molecule has 70 heavy (non-hydrogen) atoms. The predicted molar refractivity (Wildman–Crippen MR) is 337 cm³/mol. The Kier molecular flexibility index (Phi) is 39.7. The fraction of sp³-hybridized carbons (Fsp3) is 0.969. The summed E-state index contributed by atoms with van der Waals surface area (Å²) in [5.74, 6) is 2.80. The Morgan fingerprint density at radius 2 is 0.786 bits per heavy atom. The Balaban J connectivity index is 1.40. The van der Waals surface area contributed by atoms with Gasteiger partial charge in [0, 0.05) is 26.2 Å². The van der Waals surface area contributed by atoms with Crippen molar-refractivity contribution in [2.24, 2.45) is 17.8 Å². The zero-order chi connectivity index (χ0) is 49.7. The molecule has 6 heteroatoms. The lowest BCUT2D eigenvalue weighted by Crippen LogP contribution is -2.25. The lowest BCUT2D eigenvalue weighted by atomic mass is 9.81. The molecule has 3 fully saturated rings. The highest BCUT2D eigenvalue weighted by atomic mass is 79.9. The summed E-state index contributed by atoms with van der Waals surface area (Å²) in [6.07, 6.45) is 70.0. The minimum absolute atomic E-state index is 0.658. The maximum absolute atomic E-state index is 4.12. The van der Waals surface area contributed by atoms with Crippen LogP contribution in [-0.4, -0.2) is 34.6 Å². The van der Waals surface area contributed by atoms with Crippen molar-refractivity contribution in [2.75, 3.05) is 0 Å². The number of hydrogen-bond acceptors (Lipinski definition) is 4. The van der Waals surface area contributed by atoms with Crippen LogP contribution in [0.3, 0.4) is 0 Å². The first-order valence-corrected chi connectivity index (χ1v) is 37.6. The average Bonchev–Trinajstić information content (AvgIpc) is 4.19. The molecule has 9 unspecified atom stereocenters. The average molecular weight is 1180 g/mol. The highest BCUT2D eigenvalue weighted by Crippen LogP contribution is 2.59. The second-order valence-electron chi connectivity index (χ2n) is 23.9. The van der Waals surface area contributed by atoms with Crippen LogP contribution >= 0.6 is 78.9 Å². The van der Waals surface area contributed by atoms with E-state index in [0.717, 1.165) is 44.0 Å². The highest BCUT2D eigenvalue weighted by molar-refractivity contribution is 9.11. The van der Waals surface area contributed by atoms with Crippen molar-refractivity contribution in [3.05, 3.63) is 10.5 Å². The van der Waals surface area contributed by atoms with E-state index in [0.29, 0.717) is 8.32 Å². The van der Waals surface area contributed by atoms with Gasteiger partial charge in [0.05, 0.1) is 8.32 Å². The van der Waals surface area contributed by atoms with Gasteiger partial charge in [-0.1, -0.05) is 322 Å². The summed E-state index contributed by atoms with van der Waals surface area (Å²) in [6.45, 7) is 9.40. The summed E-state index contributed by atoms with van der Waals surface area (Å²) in [4.78, 5) is 1.91. The summed E-state index contributed by atoms with van der Waals surface area (Å²) in [5.41, 5.74) is 1.97. The molecule has 0 aromatic heterocycles. The van der Waals surface area contributed by atoms with Crippen LogP contribution in [0.2, 0.25) is 0 Å². The van der Waals surface area contributed by atoms with Crippen LogP contribution in [0.4, 0.5) is 0 Å². The van der Waals surface area contributed by atoms with Crippen molar-refractivity contribution in [3.63, 3.8) is 0 Å². The van der Waals surface area contributed by atoms with E-state index in [1.54, 1.807) is 6.42 Å². The third-order valence-corrected chi connectivity index (χ3v) is 26.5. The van der Waals surface area contributed by atoms with Gasteiger partial charge in [0.2, 0.25) is 0 Å². The van der Waals surface area contributed by atoms with Crippen LogP contribution < -0.4 is 0 Å². The third-order valence-electron chi connectivity index (χ3n) is 17.5. The van der Waals surface area contributed by atoms with Crippen molar-refractivity contribution in [1.82, 2.24) is 0 Å². The molecule has 4 rings (SSSR count). The minimum Gasteiger partial charge on any atom is -0.153 e. The number of halogens is 2. The van der Waals surface area contributed by atoms with E-state index >= 15 is 0 Å². The van der Waals surface area contributed by atoms with Gasteiger partial charge in [-0.2, -0.15) is 11.8 Å². The fourth-order valence-corrected chi connectivity index (χ4v) is 22.1. The minimum atomic E-state index is 0.658. The number of allylic oxidation sites excluding steroid dienone is 1. The van der Waals surface area contributed by atoms with Crippen LogP contribution in [0.25, 0.3) is 0 Å². The highest BCUT2D eigenvalue weighted by Gasteiger charge is 2.47. The van der Waals surface area contributed by atoms with Gasteiger partial charge in [-0.05, 0) is 74.0 Å². The molecule has 0 spiro atoms. The smallest absolute Gasteiger partial charge is 0.0607 e. The first-order chi connectivity index (χ1) is 34.4. The molecule has 0 radical (unpaired) electrons. The first kappa shape index (κ1) is 64.6. The Labute approximate surface area is 473 Å². The number of alkyl halides is 2. The van der Waals surface area contributed by atoms with E-state index in [1.807, 2.05) is 10.5 Å². The molecule has 0 amide bonds. The summed E-state index contributed by atoms with van der Waals surface area (Å²) >= 11 is 17.9. The van der Waals surface area contributed by atoms with Crippen molar-refractivity contribution >= 4 is 78.9 Å². The normalized spacial score (nSPS) is 25.8. The lowest BCUT2D eigenvalue weighted by molar-refractivity contribution is 0.303. The number of thioether (sulfide) groups is 4. The first-order valence-electron chi connectivity index (χ1n) is 32.1. The monoisotopic (exact) mass is 1170 g/mol. The molecule has 10 atom stereocenters. The maximum atomic E-state index is 4.12. The molecule has 0 aliphatic carbocycles. The number of hydrogen-bond donors (Lipinski definition) is 0. The fourth-order valence-electron chi connectivity index (χ4n) is 13.1. The molecule has 4 aliphatic rings. The van der Waals surface area contributed by atoms with Gasteiger partial charge in [0.25, 0.3) is 0 Å². The summed E-state index contributed by atoms with van der Waals surface area (Å²) < 4.78 is 1.34. The molecule has 0 saturated carbocycles. The van der Waals surface area contributed by atoms with Crippen molar-refractivity contribution in [2.45, 2.75) is 370 Å². The van der Waals surface area contributed by atoms with Crippen LogP contribution in [0.1, 0.15) is 336 Å². The van der Waals surface area contributed by atoms with Gasteiger partial charge < -0.3 is 0 Å². The molecule has 0 nitrogen and oxygen atoms in total. The quantitative estimate of drug-likeness (QED) is 0.0440. The number of rotatable bonds is 47. The van der Waals surface area contributed by atoms with Crippen LogP contribution in [0.15, 0.2) is 10.5 Å². The van der Waals surface area contributed by atoms with E-state index in [-0.39, 0.29) is 0 Å².